The van der Waals surface area contributed by atoms with Crippen LogP contribution in [0.1, 0.15) is 31.0 Å². The molecule has 2 N–H and O–H groups in total. The number of phenolic OH excluding ortho intramolecular Hbond substituents is 1. The number of phenols is 1. The van der Waals surface area contributed by atoms with E-state index in [1.807, 2.05) is 13.8 Å². The quantitative estimate of drug-likeness (QED) is 0.413. The first-order valence-corrected chi connectivity index (χ1v) is 9.67. The third-order valence-electron chi connectivity index (χ3n) is 4.78. The van der Waals surface area contributed by atoms with E-state index in [9.17, 15) is 19.8 Å². The van der Waals surface area contributed by atoms with E-state index in [4.69, 9.17) is 9.47 Å². The van der Waals surface area contributed by atoms with Gasteiger partial charge in [0.1, 0.15) is 17.3 Å². The number of carbonyl (C=O) groups excluding carboxylic acids is 2. The second-order valence-electron chi connectivity index (χ2n) is 7.27. The number of aliphatic hydroxyl groups excluding tert-OH is 1. The number of amides is 1. The van der Waals surface area contributed by atoms with E-state index in [-0.39, 0.29) is 36.3 Å². The van der Waals surface area contributed by atoms with Gasteiger partial charge in [-0.25, -0.2) is 0 Å². The van der Waals surface area contributed by atoms with Crippen molar-refractivity contribution in [2.45, 2.75) is 26.0 Å². The molecule has 2 aromatic carbocycles. The number of rotatable bonds is 7. The van der Waals surface area contributed by atoms with Gasteiger partial charge in [0.25, 0.3) is 11.7 Å². The molecule has 0 bridgehead atoms. The fraction of sp³-hybridized carbons (Fsp3) is 0.304. The zero-order valence-electron chi connectivity index (χ0n) is 17.2. The summed E-state index contributed by atoms with van der Waals surface area (Å²) in [5.41, 5.74) is 1.00. The number of carbonyl (C=O) groups is 2. The molecule has 1 aliphatic heterocycles. The van der Waals surface area contributed by atoms with E-state index < -0.39 is 17.7 Å². The van der Waals surface area contributed by atoms with Crippen LogP contribution >= 0.6 is 0 Å². The highest BCUT2D eigenvalue weighted by molar-refractivity contribution is 6.46. The smallest absolute Gasteiger partial charge is 0.295 e. The number of hydrogen-bond acceptors (Lipinski definition) is 6. The van der Waals surface area contributed by atoms with E-state index in [1.54, 1.807) is 36.4 Å². The predicted molar refractivity (Wildman–Crippen MR) is 111 cm³/mol. The second kappa shape index (κ2) is 9.00. The maximum absolute atomic E-state index is 12.8. The summed E-state index contributed by atoms with van der Waals surface area (Å²) in [7, 11) is 1.51. The molecule has 7 nitrogen and oxygen atoms in total. The SMILES string of the molecule is COCCN1C(=O)C(=O)C(=C(O)c2ccc(OC(C)C)cc2)[C@@H]1c1ccc(O)cc1. The molecule has 1 saturated heterocycles. The first kappa shape index (κ1) is 21.4. The Bertz CT molecular complexity index is 947. The van der Waals surface area contributed by atoms with Gasteiger partial charge in [-0.1, -0.05) is 12.1 Å². The van der Waals surface area contributed by atoms with Gasteiger partial charge in [0.15, 0.2) is 0 Å². The number of likely N-dealkylation sites (tertiary alicyclic amines) is 1. The van der Waals surface area contributed by atoms with Crippen LogP contribution in [0.25, 0.3) is 5.76 Å². The molecular weight excluding hydrogens is 386 g/mol. The molecule has 3 rings (SSSR count). The molecule has 1 heterocycles. The highest BCUT2D eigenvalue weighted by Crippen LogP contribution is 2.39. The van der Waals surface area contributed by atoms with E-state index in [2.05, 4.69) is 0 Å². The molecule has 1 aliphatic rings. The third kappa shape index (κ3) is 4.31. The minimum Gasteiger partial charge on any atom is -0.508 e. The van der Waals surface area contributed by atoms with Crippen LogP contribution in [0.3, 0.4) is 0 Å². The van der Waals surface area contributed by atoms with Crippen molar-refractivity contribution in [2.75, 3.05) is 20.3 Å². The van der Waals surface area contributed by atoms with Crippen LogP contribution in [0.4, 0.5) is 0 Å². The summed E-state index contributed by atoms with van der Waals surface area (Å²) in [5, 5.41) is 20.6. The number of ether oxygens (including phenoxy) is 2. The molecule has 0 spiro atoms. The maximum Gasteiger partial charge on any atom is 0.295 e. The Morgan fingerprint density at radius 2 is 1.70 bits per heavy atom. The number of nitrogens with zero attached hydrogens (tertiary/aromatic N) is 1. The van der Waals surface area contributed by atoms with Crippen LogP contribution in [0.5, 0.6) is 11.5 Å². The molecule has 0 saturated carbocycles. The Labute approximate surface area is 175 Å². The minimum atomic E-state index is -0.785. The van der Waals surface area contributed by atoms with Crippen molar-refractivity contribution in [3.63, 3.8) is 0 Å². The number of benzene rings is 2. The van der Waals surface area contributed by atoms with Gasteiger partial charge in [-0.3, -0.25) is 9.59 Å². The Hall–Kier alpha value is -3.32. The summed E-state index contributed by atoms with van der Waals surface area (Å²) in [5.74, 6) is -1.02. The minimum absolute atomic E-state index is 0.000629. The van der Waals surface area contributed by atoms with Crippen LogP contribution < -0.4 is 4.74 Å². The number of Topliss-reactive ketones (excluding diaryl/α,β-unsaturated/α-hetero) is 1. The van der Waals surface area contributed by atoms with Crippen molar-refractivity contribution in [3.8, 4) is 11.5 Å². The first-order chi connectivity index (χ1) is 14.3. The van der Waals surface area contributed by atoms with Crippen LogP contribution in [0.2, 0.25) is 0 Å². The van der Waals surface area contributed by atoms with Gasteiger partial charge in [0.05, 0.1) is 24.3 Å². The molecule has 0 unspecified atom stereocenters. The lowest BCUT2D eigenvalue weighted by Gasteiger charge is -2.25. The Kier molecular flexibility index (Phi) is 6.42. The van der Waals surface area contributed by atoms with Gasteiger partial charge < -0.3 is 24.6 Å². The van der Waals surface area contributed by atoms with Crippen molar-refractivity contribution in [3.05, 3.63) is 65.2 Å². The van der Waals surface area contributed by atoms with Gasteiger partial charge >= 0.3 is 0 Å². The molecule has 158 valence electrons. The average Bonchev–Trinajstić information content (AvgIpc) is 2.97. The second-order valence-corrected chi connectivity index (χ2v) is 7.27. The summed E-state index contributed by atoms with van der Waals surface area (Å²) in [6.07, 6.45) is 0.00468. The van der Waals surface area contributed by atoms with Gasteiger partial charge in [0.2, 0.25) is 0 Å². The molecule has 0 aliphatic carbocycles. The number of aliphatic hydroxyl groups is 1. The van der Waals surface area contributed by atoms with Gasteiger partial charge in [0, 0.05) is 19.2 Å². The van der Waals surface area contributed by atoms with Gasteiger partial charge in [-0.05, 0) is 55.8 Å². The number of hydrogen-bond donors (Lipinski definition) is 2. The van der Waals surface area contributed by atoms with Crippen LogP contribution in [-0.4, -0.2) is 53.2 Å². The molecule has 2 aromatic rings. The zero-order chi connectivity index (χ0) is 21.8. The number of aromatic hydroxyl groups is 1. The lowest BCUT2D eigenvalue weighted by atomic mass is 9.95. The highest BCUT2D eigenvalue weighted by atomic mass is 16.5. The van der Waals surface area contributed by atoms with E-state index in [0.717, 1.165) is 0 Å². The monoisotopic (exact) mass is 411 g/mol. The summed E-state index contributed by atoms with van der Waals surface area (Å²) in [4.78, 5) is 26.9. The first-order valence-electron chi connectivity index (χ1n) is 9.67. The molecule has 7 heteroatoms. The summed E-state index contributed by atoms with van der Waals surface area (Å²) in [6.45, 7) is 4.24. The van der Waals surface area contributed by atoms with Gasteiger partial charge in [-0.2, -0.15) is 0 Å². The van der Waals surface area contributed by atoms with Crippen molar-refractivity contribution in [1.82, 2.24) is 4.90 Å². The van der Waals surface area contributed by atoms with E-state index in [0.29, 0.717) is 16.9 Å². The predicted octanol–water partition coefficient (Wildman–Crippen LogP) is 3.25. The van der Waals surface area contributed by atoms with E-state index in [1.165, 1.54) is 24.1 Å². The third-order valence-corrected chi connectivity index (χ3v) is 4.78. The van der Waals surface area contributed by atoms with Crippen molar-refractivity contribution >= 4 is 17.4 Å². The summed E-state index contributed by atoms with van der Waals surface area (Å²) in [6, 6.07) is 12.1. The van der Waals surface area contributed by atoms with Gasteiger partial charge in [-0.15, -0.1) is 0 Å². The molecule has 0 aromatic heterocycles. The van der Waals surface area contributed by atoms with Crippen LogP contribution in [-0.2, 0) is 14.3 Å². The summed E-state index contributed by atoms with van der Waals surface area (Å²) < 4.78 is 10.7. The fourth-order valence-electron chi connectivity index (χ4n) is 3.42. The molecule has 1 atom stereocenters. The normalized spacial score (nSPS) is 18.3. The Morgan fingerprint density at radius 1 is 1.07 bits per heavy atom. The molecule has 1 amide bonds. The Morgan fingerprint density at radius 3 is 2.27 bits per heavy atom. The number of ketones is 1. The lowest BCUT2D eigenvalue weighted by molar-refractivity contribution is -0.140. The van der Waals surface area contributed by atoms with Crippen molar-refractivity contribution in [2.24, 2.45) is 0 Å². The standard InChI is InChI=1S/C23H25NO6/c1-14(2)30-18-10-6-16(7-11-18)21(26)19-20(15-4-8-17(25)9-5-15)24(12-13-29-3)23(28)22(19)27/h4-11,14,20,25-26H,12-13H2,1-3H3/t20-/m0/s1. The molecule has 0 radical (unpaired) electrons. The zero-order valence-corrected chi connectivity index (χ0v) is 17.2. The van der Waals surface area contributed by atoms with Crippen LogP contribution in [0.15, 0.2) is 54.1 Å². The number of methoxy groups -OCH3 is 1. The lowest BCUT2D eigenvalue weighted by Crippen LogP contribution is -2.32. The highest BCUT2D eigenvalue weighted by Gasteiger charge is 2.45. The largest absolute Gasteiger partial charge is 0.508 e. The molecule has 1 fully saturated rings. The van der Waals surface area contributed by atoms with E-state index >= 15 is 0 Å². The Balaban J connectivity index is 2.07. The molecule has 30 heavy (non-hydrogen) atoms. The van der Waals surface area contributed by atoms with Crippen molar-refractivity contribution in [1.29, 1.82) is 0 Å². The average molecular weight is 411 g/mol. The maximum atomic E-state index is 12.8. The topological polar surface area (TPSA) is 96.3 Å². The fourth-order valence-corrected chi connectivity index (χ4v) is 3.42. The summed E-state index contributed by atoms with van der Waals surface area (Å²) >= 11 is 0. The van der Waals surface area contributed by atoms with Crippen molar-refractivity contribution < 1.29 is 29.3 Å². The molecular formula is C23H25NO6. The van der Waals surface area contributed by atoms with Crippen LogP contribution in [0, 0.1) is 0 Å².